The van der Waals surface area contributed by atoms with Crippen molar-refractivity contribution < 1.29 is 9.59 Å². The molecule has 1 aromatic heterocycles. The molecule has 0 spiro atoms. The number of aryl methyl sites for hydroxylation is 1. The second kappa shape index (κ2) is 6.91. The molecule has 2 unspecified atom stereocenters. The van der Waals surface area contributed by atoms with Gasteiger partial charge in [-0.2, -0.15) is 5.10 Å². The summed E-state index contributed by atoms with van der Waals surface area (Å²) in [4.78, 5) is 25.8. The number of rotatable bonds is 4. The highest BCUT2D eigenvalue weighted by atomic mass is 16.2. The van der Waals surface area contributed by atoms with E-state index < -0.39 is 6.04 Å². The zero-order valence-corrected chi connectivity index (χ0v) is 13.5. The number of nitrogens with two attached hydrogens (primary N) is 1. The van der Waals surface area contributed by atoms with Crippen molar-refractivity contribution in [3.8, 4) is 0 Å². The number of nitrogens with zero attached hydrogens (tertiary/aromatic N) is 3. The number of aromatic nitrogens is 2. The number of carbonyl (C=O) groups excluding carboxylic acids is 2. The quantitative estimate of drug-likeness (QED) is 0.826. The van der Waals surface area contributed by atoms with E-state index in [-0.39, 0.29) is 17.9 Å². The standard InChI is InChI=1S/C15H25N5O2/c1-10(16)15(22)20-8-4-12(5-9-20)11(2)17-14(21)13-6-7-19(3)18-13/h6-7,10-12H,4-5,8-9,16H2,1-3H3,(H,17,21). The number of nitrogens with one attached hydrogen (secondary N) is 1. The molecule has 22 heavy (non-hydrogen) atoms. The lowest BCUT2D eigenvalue weighted by atomic mass is 9.90. The minimum absolute atomic E-state index is 0.00336. The zero-order valence-electron chi connectivity index (χ0n) is 13.5. The van der Waals surface area contributed by atoms with Crippen LogP contribution >= 0.6 is 0 Å². The van der Waals surface area contributed by atoms with Crippen molar-refractivity contribution in [1.29, 1.82) is 0 Å². The summed E-state index contributed by atoms with van der Waals surface area (Å²) in [5, 5.41) is 7.10. The number of hydrogen-bond acceptors (Lipinski definition) is 4. The Morgan fingerprint density at radius 1 is 1.36 bits per heavy atom. The lowest BCUT2D eigenvalue weighted by Gasteiger charge is -2.35. The number of carbonyl (C=O) groups is 2. The van der Waals surface area contributed by atoms with Gasteiger partial charge in [0.1, 0.15) is 5.69 Å². The average Bonchev–Trinajstić information content (AvgIpc) is 2.93. The molecule has 1 aromatic rings. The molecule has 7 nitrogen and oxygen atoms in total. The highest BCUT2D eigenvalue weighted by Crippen LogP contribution is 2.21. The van der Waals surface area contributed by atoms with Crippen molar-refractivity contribution in [3.63, 3.8) is 0 Å². The predicted octanol–water partition coefficient (Wildman–Crippen LogP) is 0.124. The molecule has 1 saturated heterocycles. The van der Waals surface area contributed by atoms with E-state index in [1.54, 1.807) is 30.9 Å². The van der Waals surface area contributed by atoms with E-state index in [4.69, 9.17) is 5.73 Å². The van der Waals surface area contributed by atoms with E-state index in [0.717, 1.165) is 12.8 Å². The summed E-state index contributed by atoms with van der Waals surface area (Å²) in [5.74, 6) is 0.218. The molecule has 2 heterocycles. The Morgan fingerprint density at radius 2 is 2.00 bits per heavy atom. The lowest BCUT2D eigenvalue weighted by molar-refractivity contribution is -0.133. The van der Waals surface area contributed by atoms with Crippen molar-refractivity contribution in [2.24, 2.45) is 18.7 Å². The van der Waals surface area contributed by atoms with Gasteiger partial charge >= 0.3 is 0 Å². The summed E-state index contributed by atoms with van der Waals surface area (Å²) in [6, 6.07) is 1.31. The Bertz CT molecular complexity index is 532. The van der Waals surface area contributed by atoms with Gasteiger partial charge in [0, 0.05) is 32.4 Å². The fourth-order valence-electron chi connectivity index (χ4n) is 2.84. The molecule has 2 rings (SSSR count). The van der Waals surface area contributed by atoms with Crippen molar-refractivity contribution in [2.45, 2.75) is 38.8 Å². The Hall–Kier alpha value is -1.89. The molecule has 0 aromatic carbocycles. The molecule has 0 bridgehead atoms. The van der Waals surface area contributed by atoms with Crippen LogP contribution in [-0.2, 0) is 11.8 Å². The minimum Gasteiger partial charge on any atom is -0.348 e. The third-order valence-corrected chi connectivity index (χ3v) is 4.25. The first-order valence-corrected chi connectivity index (χ1v) is 7.73. The third kappa shape index (κ3) is 3.85. The van der Waals surface area contributed by atoms with Crippen LogP contribution in [-0.4, -0.2) is 51.7 Å². The average molecular weight is 307 g/mol. The Morgan fingerprint density at radius 3 is 2.50 bits per heavy atom. The summed E-state index contributed by atoms with van der Waals surface area (Å²) in [6.45, 7) is 5.13. The van der Waals surface area contributed by atoms with Crippen LogP contribution in [0, 0.1) is 5.92 Å². The van der Waals surface area contributed by atoms with Gasteiger partial charge in [0.25, 0.3) is 5.91 Å². The van der Waals surface area contributed by atoms with E-state index in [9.17, 15) is 9.59 Å². The van der Waals surface area contributed by atoms with Crippen LogP contribution in [0.1, 0.15) is 37.2 Å². The fraction of sp³-hybridized carbons (Fsp3) is 0.667. The molecule has 1 aliphatic heterocycles. The van der Waals surface area contributed by atoms with Crippen LogP contribution < -0.4 is 11.1 Å². The van der Waals surface area contributed by atoms with E-state index in [2.05, 4.69) is 10.4 Å². The summed E-state index contributed by atoms with van der Waals surface area (Å²) in [6.07, 6.45) is 3.50. The highest BCUT2D eigenvalue weighted by Gasteiger charge is 2.28. The maximum absolute atomic E-state index is 12.1. The van der Waals surface area contributed by atoms with Gasteiger partial charge in [-0.3, -0.25) is 14.3 Å². The highest BCUT2D eigenvalue weighted by molar-refractivity contribution is 5.92. The maximum atomic E-state index is 12.1. The largest absolute Gasteiger partial charge is 0.348 e. The second-order valence-corrected chi connectivity index (χ2v) is 6.09. The van der Waals surface area contributed by atoms with Crippen molar-refractivity contribution in [2.75, 3.05) is 13.1 Å². The van der Waals surface area contributed by atoms with Gasteiger partial charge in [-0.1, -0.05) is 0 Å². The van der Waals surface area contributed by atoms with Crippen molar-refractivity contribution in [3.05, 3.63) is 18.0 Å². The molecule has 3 N–H and O–H groups in total. The first-order valence-electron chi connectivity index (χ1n) is 7.73. The van der Waals surface area contributed by atoms with Gasteiger partial charge in [-0.15, -0.1) is 0 Å². The van der Waals surface area contributed by atoms with E-state index >= 15 is 0 Å². The molecule has 1 aliphatic rings. The Kier molecular flexibility index (Phi) is 5.18. The van der Waals surface area contributed by atoms with Gasteiger partial charge in [0.05, 0.1) is 6.04 Å². The topological polar surface area (TPSA) is 93.3 Å². The second-order valence-electron chi connectivity index (χ2n) is 6.09. The molecule has 2 atom stereocenters. The number of amides is 2. The van der Waals surface area contributed by atoms with Crippen LogP contribution in [0.3, 0.4) is 0 Å². The number of hydrogen-bond donors (Lipinski definition) is 2. The first-order chi connectivity index (χ1) is 10.4. The summed E-state index contributed by atoms with van der Waals surface area (Å²) < 4.78 is 1.61. The van der Waals surface area contributed by atoms with Gasteiger partial charge in [0.2, 0.25) is 5.91 Å². The molecular weight excluding hydrogens is 282 g/mol. The summed E-state index contributed by atoms with van der Waals surface area (Å²) in [5.41, 5.74) is 6.07. The van der Waals surface area contributed by atoms with Crippen LogP contribution in [0.2, 0.25) is 0 Å². The normalized spacial score (nSPS) is 18.8. The van der Waals surface area contributed by atoms with Crippen LogP contribution in [0.25, 0.3) is 0 Å². The monoisotopic (exact) mass is 307 g/mol. The van der Waals surface area contributed by atoms with E-state index in [0.29, 0.717) is 24.7 Å². The Labute approximate surface area is 130 Å². The molecule has 0 radical (unpaired) electrons. The van der Waals surface area contributed by atoms with Crippen LogP contribution in [0.15, 0.2) is 12.3 Å². The molecule has 122 valence electrons. The summed E-state index contributed by atoms with van der Waals surface area (Å²) >= 11 is 0. The fourth-order valence-corrected chi connectivity index (χ4v) is 2.84. The van der Waals surface area contributed by atoms with Gasteiger partial charge in [-0.05, 0) is 38.7 Å². The molecule has 1 fully saturated rings. The molecule has 7 heteroatoms. The van der Waals surface area contributed by atoms with E-state index in [1.165, 1.54) is 0 Å². The smallest absolute Gasteiger partial charge is 0.271 e. The Balaban J connectivity index is 1.83. The van der Waals surface area contributed by atoms with Crippen LogP contribution in [0.4, 0.5) is 0 Å². The zero-order chi connectivity index (χ0) is 16.3. The molecular formula is C15H25N5O2. The lowest BCUT2D eigenvalue weighted by Crippen LogP contribution is -2.49. The number of piperidine rings is 1. The van der Waals surface area contributed by atoms with Gasteiger partial charge < -0.3 is 16.0 Å². The molecule has 0 aliphatic carbocycles. The van der Waals surface area contributed by atoms with Crippen molar-refractivity contribution in [1.82, 2.24) is 20.0 Å². The molecule has 0 saturated carbocycles. The predicted molar refractivity (Wildman–Crippen MR) is 83.1 cm³/mol. The summed E-state index contributed by atoms with van der Waals surface area (Å²) in [7, 11) is 1.78. The van der Waals surface area contributed by atoms with Crippen LogP contribution in [0.5, 0.6) is 0 Å². The van der Waals surface area contributed by atoms with E-state index in [1.807, 2.05) is 11.8 Å². The minimum atomic E-state index is -0.446. The molecule has 2 amide bonds. The third-order valence-electron chi connectivity index (χ3n) is 4.25. The SMILES string of the molecule is CC(N)C(=O)N1CCC(C(C)NC(=O)c2ccn(C)n2)CC1. The van der Waals surface area contributed by atoms with Crippen molar-refractivity contribution >= 4 is 11.8 Å². The van der Waals surface area contributed by atoms with Gasteiger partial charge in [0.15, 0.2) is 0 Å². The van der Waals surface area contributed by atoms with Gasteiger partial charge in [-0.25, -0.2) is 0 Å². The maximum Gasteiger partial charge on any atom is 0.271 e. The first kappa shape index (κ1) is 16.5. The number of likely N-dealkylation sites (tertiary alicyclic amines) is 1.